The highest BCUT2D eigenvalue weighted by Gasteiger charge is 2.38. The standard InChI is InChI=1S/C33H29NO3/c35-31(22-24-15-16-30-29(21-24)32(36)28-14-8-7-9-25(28)23-37-30)34-19-17-33(18-20-34,26-10-3-1-4-11-26)27-12-5-2-6-13-27/h1-16,21H,17-20,22-23H2. The lowest BCUT2D eigenvalue weighted by Gasteiger charge is -2.43. The molecule has 0 saturated carbocycles. The monoisotopic (exact) mass is 487 g/mol. The molecule has 2 aliphatic heterocycles. The van der Waals surface area contributed by atoms with Crippen LogP contribution in [0, 0.1) is 0 Å². The molecule has 0 radical (unpaired) electrons. The molecule has 4 nitrogen and oxygen atoms in total. The fourth-order valence-corrected chi connectivity index (χ4v) is 5.84. The number of carbonyl (C=O) groups excluding carboxylic acids is 2. The Labute approximate surface area is 217 Å². The molecular formula is C33H29NO3. The molecule has 1 amide bonds. The number of ketones is 1. The molecule has 1 saturated heterocycles. The maximum absolute atomic E-state index is 13.4. The molecule has 0 atom stereocenters. The molecule has 0 aliphatic carbocycles. The molecule has 1 fully saturated rings. The number of benzene rings is 4. The van der Waals surface area contributed by atoms with Crippen LogP contribution in [0.5, 0.6) is 5.75 Å². The maximum atomic E-state index is 13.4. The molecule has 0 aromatic heterocycles. The number of hydrogen-bond acceptors (Lipinski definition) is 3. The van der Waals surface area contributed by atoms with Crippen molar-refractivity contribution in [2.24, 2.45) is 0 Å². The van der Waals surface area contributed by atoms with Crippen molar-refractivity contribution >= 4 is 11.7 Å². The third-order valence-electron chi connectivity index (χ3n) is 7.91. The van der Waals surface area contributed by atoms with E-state index in [1.54, 1.807) is 0 Å². The van der Waals surface area contributed by atoms with Gasteiger partial charge in [0.15, 0.2) is 5.78 Å². The van der Waals surface area contributed by atoms with E-state index in [1.165, 1.54) is 11.1 Å². The van der Waals surface area contributed by atoms with E-state index < -0.39 is 0 Å². The van der Waals surface area contributed by atoms with Gasteiger partial charge in [-0.2, -0.15) is 0 Å². The second kappa shape index (κ2) is 9.70. The molecule has 0 N–H and O–H groups in total. The van der Waals surface area contributed by atoms with E-state index in [-0.39, 0.29) is 23.5 Å². The predicted octanol–water partition coefficient (Wildman–Crippen LogP) is 5.96. The minimum atomic E-state index is -0.0967. The quantitative estimate of drug-likeness (QED) is 0.357. The van der Waals surface area contributed by atoms with E-state index in [2.05, 4.69) is 60.7 Å². The van der Waals surface area contributed by atoms with Gasteiger partial charge in [-0.3, -0.25) is 9.59 Å². The molecule has 184 valence electrons. The zero-order valence-electron chi connectivity index (χ0n) is 20.7. The van der Waals surface area contributed by atoms with Crippen molar-refractivity contribution in [3.63, 3.8) is 0 Å². The summed E-state index contributed by atoms with van der Waals surface area (Å²) in [5.74, 6) is 0.619. The molecule has 4 heteroatoms. The maximum Gasteiger partial charge on any atom is 0.226 e. The Morgan fingerprint density at radius 3 is 2.05 bits per heavy atom. The van der Waals surface area contributed by atoms with Crippen molar-refractivity contribution in [3.05, 3.63) is 137 Å². The van der Waals surface area contributed by atoms with E-state index >= 15 is 0 Å². The minimum Gasteiger partial charge on any atom is -0.488 e. The summed E-state index contributed by atoms with van der Waals surface area (Å²) < 4.78 is 5.91. The van der Waals surface area contributed by atoms with Crippen molar-refractivity contribution in [3.8, 4) is 5.75 Å². The van der Waals surface area contributed by atoms with Crippen LogP contribution in [0.15, 0.2) is 103 Å². The topological polar surface area (TPSA) is 46.6 Å². The molecule has 4 aromatic carbocycles. The predicted molar refractivity (Wildman–Crippen MR) is 144 cm³/mol. The van der Waals surface area contributed by atoms with Crippen LogP contribution in [0.25, 0.3) is 0 Å². The zero-order valence-corrected chi connectivity index (χ0v) is 20.7. The van der Waals surface area contributed by atoms with Gasteiger partial charge >= 0.3 is 0 Å². The Morgan fingerprint density at radius 1 is 0.757 bits per heavy atom. The SMILES string of the molecule is O=C1c2ccccc2COc2ccc(CC(=O)N3CCC(c4ccccc4)(c4ccccc4)CC3)cc21. The summed E-state index contributed by atoms with van der Waals surface area (Å²) in [5, 5.41) is 0. The van der Waals surface area contributed by atoms with Gasteiger partial charge in [-0.25, -0.2) is 0 Å². The number of carbonyl (C=O) groups is 2. The first-order valence-corrected chi connectivity index (χ1v) is 12.9. The van der Waals surface area contributed by atoms with Crippen molar-refractivity contribution in [2.75, 3.05) is 13.1 Å². The number of hydrogen-bond donors (Lipinski definition) is 0. The van der Waals surface area contributed by atoms with Crippen LogP contribution in [0.3, 0.4) is 0 Å². The number of nitrogens with zero attached hydrogens (tertiary/aromatic N) is 1. The highest BCUT2D eigenvalue weighted by molar-refractivity contribution is 6.12. The van der Waals surface area contributed by atoms with Crippen molar-refractivity contribution in [1.29, 1.82) is 0 Å². The first-order chi connectivity index (χ1) is 18.1. The highest BCUT2D eigenvalue weighted by atomic mass is 16.5. The van der Waals surface area contributed by atoms with E-state index in [4.69, 9.17) is 4.74 Å². The minimum absolute atomic E-state index is 0.0501. The van der Waals surface area contributed by atoms with Crippen LogP contribution >= 0.6 is 0 Å². The Morgan fingerprint density at radius 2 is 1.38 bits per heavy atom. The average Bonchev–Trinajstić information content (AvgIpc) is 3.10. The third-order valence-corrected chi connectivity index (χ3v) is 7.91. The summed E-state index contributed by atoms with van der Waals surface area (Å²) in [7, 11) is 0. The summed E-state index contributed by atoms with van der Waals surface area (Å²) in [6, 6.07) is 34.4. The summed E-state index contributed by atoms with van der Waals surface area (Å²) >= 11 is 0. The van der Waals surface area contributed by atoms with E-state index in [1.807, 2.05) is 47.4 Å². The Bertz CT molecular complexity index is 1400. The Balaban J connectivity index is 1.20. The van der Waals surface area contributed by atoms with Crippen LogP contribution in [0.2, 0.25) is 0 Å². The van der Waals surface area contributed by atoms with E-state index in [9.17, 15) is 9.59 Å². The largest absolute Gasteiger partial charge is 0.488 e. The normalized spacial score (nSPS) is 16.2. The number of fused-ring (bicyclic) bond motifs is 2. The van der Waals surface area contributed by atoms with Gasteiger partial charge in [0.1, 0.15) is 12.4 Å². The molecule has 4 aromatic rings. The lowest BCUT2D eigenvalue weighted by molar-refractivity contribution is -0.131. The van der Waals surface area contributed by atoms with Crippen LogP contribution in [0.1, 0.15) is 51.0 Å². The number of rotatable bonds is 4. The Hall–Kier alpha value is -4.18. The first kappa shape index (κ1) is 23.2. The molecule has 0 bridgehead atoms. The number of amides is 1. The molecule has 0 unspecified atom stereocenters. The van der Waals surface area contributed by atoms with Crippen molar-refractivity contribution < 1.29 is 14.3 Å². The van der Waals surface area contributed by atoms with Gasteiger partial charge in [0.05, 0.1) is 12.0 Å². The summed E-state index contributed by atoms with van der Waals surface area (Å²) in [6.45, 7) is 1.76. The van der Waals surface area contributed by atoms with Gasteiger partial charge in [0.2, 0.25) is 5.91 Å². The van der Waals surface area contributed by atoms with E-state index in [0.717, 1.165) is 24.0 Å². The molecule has 37 heavy (non-hydrogen) atoms. The van der Waals surface area contributed by atoms with Crippen molar-refractivity contribution in [2.45, 2.75) is 31.3 Å². The molecule has 0 spiro atoms. The fraction of sp³-hybridized carbons (Fsp3) is 0.212. The number of piperidine rings is 1. The van der Waals surface area contributed by atoms with Crippen LogP contribution < -0.4 is 4.74 Å². The highest BCUT2D eigenvalue weighted by Crippen LogP contribution is 2.41. The average molecular weight is 488 g/mol. The Kier molecular flexibility index (Phi) is 6.09. The summed E-state index contributed by atoms with van der Waals surface area (Å²) in [5.41, 5.74) is 5.43. The molecule has 2 aliphatic rings. The summed E-state index contributed by atoms with van der Waals surface area (Å²) in [6.07, 6.45) is 2.02. The smallest absolute Gasteiger partial charge is 0.226 e. The number of ether oxygens (including phenoxy) is 1. The van der Waals surface area contributed by atoms with Gasteiger partial charge in [0, 0.05) is 29.6 Å². The van der Waals surface area contributed by atoms with Gasteiger partial charge < -0.3 is 9.64 Å². The second-order valence-corrected chi connectivity index (χ2v) is 9.98. The molecule has 2 heterocycles. The first-order valence-electron chi connectivity index (χ1n) is 12.9. The zero-order chi connectivity index (χ0) is 25.2. The van der Waals surface area contributed by atoms with Gasteiger partial charge in [-0.1, -0.05) is 91.0 Å². The molecule has 6 rings (SSSR count). The molecular weight excluding hydrogens is 458 g/mol. The van der Waals surface area contributed by atoms with Gasteiger partial charge in [-0.05, 0) is 41.7 Å². The van der Waals surface area contributed by atoms with Crippen LogP contribution in [-0.2, 0) is 23.2 Å². The van der Waals surface area contributed by atoms with Gasteiger partial charge in [0.25, 0.3) is 0 Å². The van der Waals surface area contributed by atoms with Gasteiger partial charge in [-0.15, -0.1) is 0 Å². The number of likely N-dealkylation sites (tertiary alicyclic amines) is 1. The summed E-state index contributed by atoms with van der Waals surface area (Å²) in [4.78, 5) is 28.6. The lowest BCUT2D eigenvalue weighted by Crippen LogP contribution is -2.46. The lowest BCUT2D eigenvalue weighted by atomic mass is 9.68. The third kappa shape index (κ3) is 4.33. The van der Waals surface area contributed by atoms with E-state index in [0.29, 0.717) is 36.6 Å². The fourth-order valence-electron chi connectivity index (χ4n) is 5.84. The van der Waals surface area contributed by atoms with Crippen LogP contribution in [-0.4, -0.2) is 29.7 Å². The van der Waals surface area contributed by atoms with Crippen LogP contribution in [0.4, 0.5) is 0 Å². The second-order valence-electron chi connectivity index (χ2n) is 9.98. The van der Waals surface area contributed by atoms with Crippen molar-refractivity contribution in [1.82, 2.24) is 4.90 Å².